The van der Waals surface area contributed by atoms with Gasteiger partial charge in [0.2, 0.25) is 0 Å². The SMILES string of the molecule is CC(C)c1nc(C(=O)O)nn1-c1c(Cl)cc(F)cc1Cl. The van der Waals surface area contributed by atoms with Crippen molar-refractivity contribution in [1.29, 1.82) is 0 Å². The van der Waals surface area contributed by atoms with Gasteiger partial charge in [-0.1, -0.05) is 37.0 Å². The third-order valence-corrected chi connectivity index (χ3v) is 3.11. The highest BCUT2D eigenvalue weighted by atomic mass is 35.5. The number of aromatic nitrogens is 3. The second kappa shape index (κ2) is 5.38. The minimum Gasteiger partial charge on any atom is -0.475 e. The first kappa shape index (κ1) is 14.7. The van der Waals surface area contributed by atoms with Crippen molar-refractivity contribution in [3.63, 3.8) is 0 Å². The van der Waals surface area contributed by atoms with Gasteiger partial charge in [-0.2, -0.15) is 0 Å². The van der Waals surface area contributed by atoms with Gasteiger partial charge in [0.05, 0.1) is 10.0 Å². The van der Waals surface area contributed by atoms with E-state index in [0.29, 0.717) is 5.82 Å². The fourth-order valence-electron chi connectivity index (χ4n) is 1.69. The number of hydrogen-bond acceptors (Lipinski definition) is 3. The maximum atomic E-state index is 13.2. The minimum atomic E-state index is -1.26. The van der Waals surface area contributed by atoms with Gasteiger partial charge in [-0.25, -0.2) is 18.9 Å². The van der Waals surface area contributed by atoms with Crippen LogP contribution in [0.2, 0.25) is 10.0 Å². The molecule has 106 valence electrons. The van der Waals surface area contributed by atoms with Gasteiger partial charge in [-0.15, -0.1) is 5.10 Å². The molecule has 0 aliphatic heterocycles. The van der Waals surface area contributed by atoms with Crippen molar-refractivity contribution < 1.29 is 14.3 Å². The highest BCUT2D eigenvalue weighted by Crippen LogP contribution is 2.31. The number of hydrogen-bond donors (Lipinski definition) is 1. The predicted molar refractivity (Wildman–Crippen MR) is 72.4 cm³/mol. The lowest BCUT2D eigenvalue weighted by Crippen LogP contribution is -2.07. The van der Waals surface area contributed by atoms with Crippen molar-refractivity contribution in [3.05, 3.63) is 39.6 Å². The summed E-state index contributed by atoms with van der Waals surface area (Å²) in [5, 5.41) is 12.9. The molecule has 0 unspecified atom stereocenters. The van der Waals surface area contributed by atoms with Crippen LogP contribution in [0.15, 0.2) is 12.1 Å². The summed E-state index contributed by atoms with van der Waals surface area (Å²) in [5.41, 5.74) is 0.207. The maximum Gasteiger partial charge on any atom is 0.375 e. The van der Waals surface area contributed by atoms with E-state index in [1.807, 2.05) is 13.8 Å². The standard InChI is InChI=1S/C12H10Cl2FN3O2/c1-5(2)11-16-10(12(19)20)17-18(11)9-7(13)3-6(15)4-8(9)14/h3-5H,1-2H3,(H,19,20). The lowest BCUT2D eigenvalue weighted by molar-refractivity contribution is 0.0683. The molecule has 0 aliphatic carbocycles. The molecule has 0 aliphatic rings. The van der Waals surface area contributed by atoms with Crippen LogP contribution in [0.3, 0.4) is 0 Å². The maximum absolute atomic E-state index is 13.2. The molecule has 5 nitrogen and oxygen atoms in total. The predicted octanol–water partition coefficient (Wildman–Crippen LogP) is 3.53. The first-order valence-corrected chi connectivity index (χ1v) is 6.42. The third kappa shape index (κ3) is 2.62. The Morgan fingerprint density at radius 3 is 2.35 bits per heavy atom. The van der Waals surface area contributed by atoms with Crippen LogP contribution < -0.4 is 0 Å². The van der Waals surface area contributed by atoms with Gasteiger partial charge in [0.15, 0.2) is 0 Å². The molecule has 2 aromatic rings. The number of carboxylic acids is 1. The lowest BCUT2D eigenvalue weighted by atomic mass is 10.2. The van der Waals surface area contributed by atoms with Gasteiger partial charge < -0.3 is 5.11 Å². The number of rotatable bonds is 3. The van der Waals surface area contributed by atoms with E-state index in [-0.39, 0.29) is 27.5 Å². The van der Waals surface area contributed by atoms with Gasteiger partial charge >= 0.3 is 5.97 Å². The number of benzene rings is 1. The summed E-state index contributed by atoms with van der Waals surface area (Å²) in [4.78, 5) is 14.9. The Balaban J connectivity index is 2.72. The number of aromatic carboxylic acids is 1. The minimum absolute atomic E-state index is 0.0266. The molecule has 1 aromatic heterocycles. The molecule has 0 bridgehead atoms. The zero-order valence-electron chi connectivity index (χ0n) is 10.6. The molecule has 0 saturated carbocycles. The summed E-state index contributed by atoms with van der Waals surface area (Å²) in [6.07, 6.45) is 0. The van der Waals surface area contributed by atoms with Crippen molar-refractivity contribution in [2.75, 3.05) is 0 Å². The monoisotopic (exact) mass is 317 g/mol. The van der Waals surface area contributed by atoms with E-state index in [1.165, 1.54) is 4.68 Å². The molecule has 0 amide bonds. The van der Waals surface area contributed by atoms with E-state index < -0.39 is 11.8 Å². The third-order valence-electron chi connectivity index (χ3n) is 2.53. The molecule has 0 saturated heterocycles. The Bertz CT molecular complexity index is 662. The van der Waals surface area contributed by atoms with Gasteiger partial charge in [0.1, 0.15) is 17.3 Å². The second-order valence-electron chi connectivity index (χ2n) is 4.38. The fourth-order valence-corrected chi connectivity index (χ4v) is 2.31. The Morgan fingerprint density at radius 2 is 1.90 bits per heavy atom. The molecule has 2 rings (SSSR count). The fraction of sp³-hybridized carbons (Fsp3) is 0.250. The average Bonchev–Trinajstić information content (AvgIpc) is 2.72. The number of nitrogens with zero attached hydrogens (tertiary/aromatic N) is 3. The van der Waals surface area contributed by atoms with E-state index in [1.54, 1.807) is 0 Å². The molecule has 8 heteroatoms. The number of halogens is 3. The molecule has 0 radical (unpaired) electrons. The zero-order valence-corrected chi connectivity index (χ0v) is 12.1. The summed E-state index contributed by atoms with van der Waals surface area (Å²) in [6.45, 7) is 3.63. The van der Waals surface area contributed by atoms with Crippen molar-refractivity contribution in [3.8, 4) is 5.69 Å². The van der Waals surface area contributed by atoms with Gasteiger partial charge in [0, 0.05) is 5.92 Å². The number of carbonyl (C=O) groups is 1. The van der Waals surface area contributed by atoms with Crippen molar-refractivity contribution in [2.45, 2.75) is 19.8 Å². The van der Waals surface area contributed by atoms with Crippen LogP contribution in [0.1, 0.15) is 36.2 Å². The number of carboxylic acid groups (broad SMARTS) is 1. The van der Waals surface area contributed by atoms with Crippen molar-refractivity contribution in [2.24, 2.45) is 0 Å². The van der Waals surface area contributed by atoms with E-state index in [9.17, 15) is 9.18 Å². The summed E-state index contributed by atoms with van der Waals surface area (Å²) < 4.78 is 14.4. The highest BCUT2D eigenvalue weighted by molar-refractivity contribution is 6.37. The van der Waals surface area contributed by atoms with Crippen molar-refractivity contribution >= 4 is 29.2 Å². The molecular formula is C12H10Cl2FN3O2. The quantitative estimate of drug-likeness (QED) is 0.940. The Morgan fingerprint density at radius 1 is 1.35 bits per heavy atom. The summed E-state index contributed by atoms with van der Waals surface area (Å²) >= 11 is 11.9. The van der Waals surface area contributed by atoms with Crippen molar-refractivity contribution in [1.82, 2.24) is 14.8 Å². The second-order valence-corrected chi connectivity index (χ2v) is 5.20. The van der Waals surface area contributed by atoms with Crippen LogP contribution in [-0.2, 0) is 0 Å². The summed E-state index contributed by atoms with van der Waals surface area (Å²) in [5.74, 6) is -1.97. The molecule has 1 aromatic carbocycles. The molecule has 0 atom stereocenters. The van der Waals surface area contributed by atoms with E-state index >= 15 is 0 Å². The summed E-state index contributed by atoms with van der Waals surface area (Å²) in [7, 11) is 0. The molecule has 0 fully saturated rings. The van der Waals surface area contributed by atoms with Crippen LogP contribution in [0.5, 0.6) is 0 Å². The first-order valence-electron chi connectivity index (χ1n) is 5.66. The Labute approximate surface area is 124 Å². The summed E-state index contributed by atoms with van der Waals surface area (Å²) in [6, 6.07) is 2.16. The van der Waals surface area contributed by atoms with Crippen LogP contribution in [0.4, 0.5) is 4.39 Å². The largest absolute Gasteiger partial charge is 0.475 e. The molecule has 1 N–H and O–H groups in total. The van der Waals surface area contributed by atoms with Crippen LogP contribution >= 0.6 is 23.2 Å². The molecular weight excluding hydrogens is 308 g/mol. The van der Waals surface area contributed by atoms with E-state index in [0.717, 1.165) is 12.1 Å². The van der Waals surface area contributed by atoms with Crippen LogP contribution in [0.25, 0.3) is 5.69 Å². The zero-order chi connectivity index (χ0) is 15.0. The van der Waals surface area contributed by atoms with Gasteiger partial charge in [-0.05, 0) is 12.1 Å². The van der Waals surface area contributed by atoms with E-state index in [2.05, 4.69) is 10.1 Å². The normalized spacial score (nSPS) is 11.1. The Kier molecular flexibility index (Phi) is 3.96. The lowest BCUT2D eigenvalue weighted by Gasteiger charge is -2.11. The molecule has 20 heavy (non-hydrogen) atoms. The molecule has 1 heterocycles. The van der Waals surface area contributed by atoms with Crippen LogP contribution in [-0.4, -0.2) is 25.8 Å². The topological polar surface area (TPSA) is 68.0 Å². The van der Waals surface area contributed by atoms with E-state index in [4.69, 9.17) is 28.3 Å². The van der Waals surface area contributed by atoms with Gasteiger partial charge in [0.25, 0.3) is 5.82 Å². The first-order chi connectivity index (χ1) is 9.31. The average molecular weight is 318 g/mol. The van der Waals surface area contributed by atoms with Gasteiger partial charge in [-0.3, -0.25) is 0 Å². The van der Waals surface area contributed by atoms with Crippen LogP contribution in [0, 0.1) is 5.82 Å². The Hall–Kier alpha value is -1.66. The molecule has 0 spiro atoms. The smallest absolute Gasteiger partial charge is 0.375 e. The highest BCUT2D eigenvalue weighted by Gasteiger charge is 2.22.